The van der Waals surface area contributed by atoms with E-state index in [9.17, 15) is 8.78 Å². The number of nitrogens with zero attached hydrogens (tertiary/aromatic N) is 1. The second-order valence-electron chi connectivity index (χ2n) is 5.58. The third kappa shape index (κ3) is 1.60. The zero-order valence-electron chi connectivity index (χ0n) is 10.00. The molecular weight excluding hydrogens is 220 g/mol. The molecule has 1 saturated carbocycles. The SMILES string of the molecule is CC12CN(Cc3ccccc3)CCC1C2(F)F. The van der Waals surface area contributed by atoms with E-state index < -0.39 is 11.3 Å². The molecule has 1 aromatic rings. The first-order valence-electron chi connectivity index (χ1n) is 6.18. The highest BCUT2D eigenvalue weighted by molar-refractivity contribution is 5.20. The van der Waals surface area contributed by atoms with Crippen LogP contribution < -0.4 is 0 Å². The van der Waals surface area contributed by atoms with E-state index in [0.717, 1.165) is 13.1 Å². The van der Waals surface area contributed by atoms with Crippen LogP contribution in [0.3, 0.4) is 0 Å². The Hall–Kier alpha value is -0.960. The molecule has 3 rings (SSSR count). The molecule has 1 aromatic carbocycles. The van der Waals surface area contributed by atoms with Crippen LogP contribution in [0.5, 0.6) is 0 Å². The molecule has 0 bridgehead atoms. The summed E-state index contributed by atoms with van der Waals surface area (Å²) in [5.74, 6) is -2.81. The summed E-state index contributed by atoms with van der Waals surface area (Å²) in [6.45, 7) is 3.85. The fraction of sp³-hybridized carbons (Fsp3) is 0.571. The Balaban J connectivity index is 1.68. The van der Waals surface area contributed by atoms with Gasteiger partial charge in [0.15, 0.2) is 0 Å². The number of hydrogen-bond donors (Lipinski definition) is 0. The van der Waals surface area contributed by atoms with E-state index in [4.69, 9.17) is 0 Å². The Kier molecular flexibility index (Phi) is 2.31. The standard InChI is InChI=1S/C14H17F2N/c1-13-10-17(8-7-12(13)14(13,15)16)9-11-5-3-2-4-6-11/h2-6,12H,7-10H2,1H3. The molecule has 1 saturated heterocycles. The number of piperidine rings is 1. The van der Waals surface area contributed by atoms with Gasteiger partial charge in [-0.15, -0.1) is 0 Å². The average molecular weight is 237 g/mol. The number of alkyl halides is 2. The second kappa shape index (κ2) is 3.52. The van der Waals surface area contributed by atoms with E-state index in [-0.39, 0.29) is 5.92 Å². The molecule has 2 aliphatic rings. The van der Waals surface area contributed by atoms with Gasteiger partial charge in [0.05, 0.1) is 5.41 Å². The first-order chi connectivity index (χ1) is 8.04. The summed E-state index contributed by atoms with van der Waals surface area (Å²) in [7, 11) is 0. The van der Waals surface area contributed by atoms with Crippen molar-refractivity contribution in [2.24, 2.45) is 11.3 Å². The number of halogens is 2. The van der Waals surface area contributed by atoms with Crippen molar-refractivity contribution in [2.75, 3.05) is 13.1 Å². The van der Waals surface area contributed by atoms with Crippen molar-refractivity contribution in [3.8, 4) is 0 Å². The molecule has 0 N–H and O–H groups in total. The molecule has 1 aliphatic heterocycles. The van der Waals surface area contributed by atoms with E-state index in [1.54, 1.807) is 6.92 Å². The number of rotatable bonds is 2. The van der Waals surface area contributed by atoms with E-state index in [1.165, 1.54) is 5.56 Å². The van der Waals surface area contributed by atoms with Crippen molar-refractivity contribution in [1.82, 2.24) is 4.90 Å². The van der Waals surface area contributed by atoms with Crippen molar-refractivity contribution in [1.29, 1.82) is 0 Å². The maximum atomic E-state index is 13.6. The van der Waals surface area contributed by atoms with Gasteiger partial charge in [0, 0.05) is 19.0 Å². The van der Waals surface area contributed by atoms with Crippen molar-refractivity contribution in [2.45, 2.75) is 25.8 Å². The quantitative estimate of drug-likeness (QED) is 0.763. The van der Waals surface area contributed by atoms with Gasteiger partial charge in [0.2, 0.25) is 0 Å². The van der Waals surface area contributed by atoms with Crippen molar-refractivity contribution >= 4 is 0 Å². The highest BCUT2D eigenvalue weighted by atomic mass is 19.3. The predicted molar refractivity (Wildman–Crippen MR) is 62.9 cm³/mol. The molecule has 3 heteroatoms. The number of likely N-dealkylation sites (tertiary alicyclic amines) is 1. The Labute approximate surface area is 100 Å². The lowest BCUT2D eigenvalue weighted by Gasteiger charge is -2.29. The first-order valence-corrected chi connectivity index (χ1v) is 6.18. The molecule has 1 aliphatic carbocycles. The summed E-state index contributed by atoms with van der Waals surface area (Å²) in [4.78, 5) is 2.16. The van der Waals surface area contributed by atoms with Crippen LogP contribution in [-0.2, 0) is 6.54 Å². The predicted octanol–water partition coefficient (Wildman–Crippen LogP) is 3.16. The summed E-state index contributed by atoms with van der Waals surface area (Å²) < 4.78 is 27.1. The van der Waals surface area contributed by atoms with Crippen molar-refractivity contribution < 1.29 is 8.78 Å². The Bertz CT molecular complexity index is 417. The van der Waals surface area contributed by atoms with Crippen molar-refractivity contribution in [3.63, 3.8) is 0 Å². The lowest BCUT2D eigenvalue weighted by molar-refractivity contribution is 0.0554. The zero-order chi connectivity index (χ0) is 12.1. The lowest BCUT2D eigenvalue weighted by Crippen LogP contribution is -2.35. The van der Waals surface area contributed by atoms with Gasteiger partial charge in [-0.2, -0.15) is 0 Å². The van der Waals surface area contributed by atoms with E-state index in [1.807, 2.05) is 18.2 Å². The Morgan fingerprint density at radius 1 is 1.29 bits per heavy atom. The van der Waals surface area contributed by atoms with Gasteiger partial charge in [0.1, 0.15) is 0 Å². The third-order valence-corrected chi connectivity index (χ3v) is 4.42. The van der Waals surface area contributed by atoms with Crippen LogP contribution in [0.2, 0.25) is 0 Å². The largest absolute Gasteiger partial charge is 0.298 e. The lowest BCUT2D eigenvalue weighted by atomic mass is 9.99. The summed E-state index contributed by atoms with van der Waals surface area (Å²) in [6.07, 6.45) is 0.635. The normalized spacial score (nSPS) is 35.4. The first kappa shape index (κ1) is 11.1. The van der Waals surface area contributed by atoms with Crippen molar-refractivity contribution in [3.05, 3.63) is 35.9 Å². The molecule has 92 valence electrons. The summed E-state index contributed by atoms with van der Waals surface area (Å²) in [5.41, 5.74) is 0.443. The highest BCUT2D eigenvalue weighted by Crippen LogP contribution is 2.68. The number of benzene rings is 1. The Morgan fingerprint density at radius 2 is 2.00 bits per heavy atom. The average Bonchev–Trinajstić information content (AvgIpc) is 2.73. The number of hydrogen-bond acceptors (Lipinski definition) is 1. The molecular formula is C14H17F2N. The molecule has 17 heavy (non-hydrogen) atoms. The minimum atomic E-state index is -2.43. The molecule has 2 fully saturated rings. The second-order valence-corrected chi connectivity index (χ2v) is 5.58. The zero-order valence-corrected chi connectivity index (χ0v) is 10.00. The minimum Gasteiger partial charge on any atom is -0.298 e. The third-order valence-electron chi connectivity index (χ3n) is 4.42. The van der Waals surface area contributed by atoms with E-state index in [0.29, 0.717) is 13.0 Å². The van der Waals surface area contributed by atoms with Crippen LogP contribution in [-0.4, -0.2) is 23.9 Å². The summed E-state index contributed by atoms with van der Waals surface area (Å²) >= 11 is 0. The summed E-state index contributed by atoms with van der Waals surface area (Å²) in [5, 5.41) is 0. The number of fused-ring (bicyclic) bond motifs is 1. The smallest absolute Gasteiger partial charge is 0.258 e. The molecule has 0 amide bonds. The highest BCUT2D eigenvalue weighted by Gasteiger charge is 2.78. The van der Waals surface area contributed by atoms with E-state index in [2.05, 4.69) is 17.0 Å². The van der Waals surface area contributed by atoms with E-state index >= 15 is 0 Å². The molecule has 0 spiro atoms. The van der Waals surface area contributed by atoms with Crippen LogP contribution in [0.25, 0.3) is 0 Å². The van der Waals surface area contributed by atoms with Gasteiger partial charge >= 0.3 is 0 Å². The van der Waals surface area contributed by atoms with Gasteiger partial charge in [-0.25, -0.2) is 8.78 Å². The molecule has 2 unspecified atom stereocenters. The van der Waals surface area contributed by atoms with Gasteiger partial charge in [-0.3, -0.25) is 4.90 Å². The fourth-order valence-corrected chi connectivity index (χ4v) is 3.22. The van der Waals surface area contributed by atoms with Gasteiger partial charge in [0.25, 0.3) is 5.92 Å². The fourth-order valence-electron chi connectivity index (χ4n) is 3.22. The molecule has 1 nitrogen and oxygen atoms in total. The minimum absolute atomic E-state index is 0.373. The van der Waals surface area contributed by atoms with Crippen LogP contribution >= 0.6 is 0 Å². The maximum absolute atomic E-state index is 13.6. The maximum Gasteiger partial charge on any atom is 0.258 e. The van der Waals surface area contributed by atoms with Crippen LogP contribution in [0, 0.1) is 11.3 Å². The molecule has 2 atom stereocenters. The van der Waals surface area contributed by atoms with Gasteiger partial charge in [-0.1, -0.05) is 37.3 Å². The van der Waals surface area contributed by atoms with Crippen LogP contribution in [0.1, 0.15) is 18.9 Å². The Morgan fingerprint density at radius 3 is 2.65 bits per heavy atom. The van der Waals surface area contributed by atoms with Crippen LogP contribution in [0.15, 0.2) is 30.3 Å². The topological polar surface area (TPSA) is 3.24 Å². The van der Waals surface area contributed by atoms with Crippen LogP contribution in [0.4, 0.5) is 8.78 Å². The van der Waals surface area contributed by atoms with Gasteiger partial charge in [-0.05, 0) is 18.5 Å². The molecule has 0 radical (unpaired) electrons. The van der Waals surface area contributed by atoms with Gasteiger partial charge < -0.3 is 0 Å². The summed E-state index contributed by atoms with van der Waals surface area (Å²) in [6, 6.07) is 10.1. The molecule has 1 heterocycles. The molecule has 0 aromatic heterocycles. The monoisotopic (exact) mass is 237 g/mol.